The Morgan fingerprint density at radius 1 is 1.31 bits per heavy atom. The SMILES string of the molecule is CC1CCC(N(C)C[C@@H](C)O)CC1. The van der Waals surface area contributed by atoms with Crippen molar-refractivity contribution in [2.24, 2.45) is 5.92 Å². The molecule has 0 radical (unpaired) electrons. The van der Waals surface area contributed by atoms with Crippen molar-refractivity contribution >= 4 is 0 Å². The van der Waals surface area contributed by atoms with Crippen LogP contribution in [0.4, 0.5) is 0 Å². The molecule has 1 aliphatic carbocycles. The highest BCUT2D eigenvalue weighted by Crippen LogP contribution is 2.26. The molecule has 2 heteroatoms. The van der Waals surface area contributed by atoms with Crippen LogP contribution in [-0.4, -0.2) is 35.7 Å². The second-order valence-electron chi connectivity index (χ2n) is 4.70. The third-order valence-electron chi connectivity index (χ3n) is 3.16. The van der Waals surface area contributed by atoms with Crippen LogP contribution in [0.2, 0.25) is 0 Å². The number of nitrogens with zero attached hydrogens (tertiary/aromatic N) is 1. The Labute approximate surface area is 81.9 Å². The summed E-state index contributed by atoms with van der Waals surface area (Å²) in [5.41, 5.74) is 0. The summed E-state index contributed by atoms with van der Waals surface area (Å²) in [6.45, 7) is 5.02. The van der Waals surface area contributed by atoms with Crippen molar-refractivity contribution in [2.45, 2.75) is 51.7 Å². The first-order valence-electron chi connectivity index (χ1n) is 5.48. The Morgan fingerprint density at radius 3 is 2.31 bits per heavy atom. The van der Waals surface area contributed by atoms with Crippen LogP contribution in [0, 0.1) is 5.92 Å². The van der Waals surface area contributed by atoms with Gasteiger partial charge in [-0.1, -0.05) is 6.92 Å². The molecule has 0 saturated heterocycles. The van der Waals surface area contributed by atoms with E-state index in [0.717, 1.165) is 12.5 Å². The zero-order valence-corrected chi connectivity index (χ0v) is 9.16. The van der Waals surface area contributed by atoms with Gasteiger partial charge in [0.15, 0.2) is 0 Å². The minimum absolute atomic E-state index is 0.190. The van der Waals surface area contributed by atoms with Gasteiger partial charge in [-0.2, -0.15) is 0 Å². The van der Waals surface area contributed by atoms with Gasteiger partial charge in [-0.15, -0.1) is 0 Å². The van der Waals surface area contributed by atoms with E-state index in [4.69, 9.17) is 0 Å². The Balaban J connectivity index is 2.27. The molecule has 1 fully saturated rings. The Morgan fingerprint density at radius 2 is 1.85 bits per heavy atom. The van der Waals surface area contributed by atoms with Crippen molar-refractivity contribution in [3.8, 4) is 0 Å². The van der Waals surface area contributed by atoms with E-state index >= 15 is 0 Å². The fourth-order valence-electron chi connectivity index (χ4n) is 2.25. The zero-order chi connectivity index (χ0) is 9.84. The van der Waals surface area contributed by atoms with Gasteiger partial charge in [-0.05, 0) is 45.6 Å². The summed E-state index contributed by atoms with van der Waals surface area (Å²) in [6, 6.07) is 0.714. The molecule has 0 aliphatic heterocycles. The van der Waals surface area contributed by atoms with E-state index in [-0.39, 0.29) is 6.10 Å². The average Bonchev–Trinajstić information content (AvgIpc) is 2.04. The van der Waals surface area contributed by atoms with Gasteiger partial charge in [0.25, 0.3) is 0 Å². The fraction of sp³-hybridized carbons (Fsp3) is 1.00. The lowest BCUT2D eigenvalue weighted by Crippen LogP contribution is -2.38. The van der Waals surface area contributed by atoms with Crippen LogP contribution in [0.15, 0.2) is 0 Å². The quantitative estimate of drug-likeness (QED) is 0.725. The average molecular weight is 185 g/mol. The molecular weight excluding hydrogens is 162 g/mol. The molecule has 0 aromatic rings. The summed E-state index contributed by atoms with van der Waals surface area (Å²) in [4.78, 5) is 2.32. The summed E-state index contributed by atoms with van der Waals surface area (Å²) >= 11 is 0. The van der Waals surface area contributed by atoms with Crippen molar-refractivity contribution in [2.75, 3.05) is 13.6 Å². The fourth-order valence-corrected chi connectivity index (χ4v) is 2.25. The molecule has 2 nitrogen and oxygen atoms in total. The van der Waals surface area contributed by atoms with Gasteiger partial charge in [0, 0.05) is 12.6 Å². The molecule has 0 aromatic heterocycles. The number of hydrogen-bond acceptors (Lipinski definition) is 2. The minimum Gasteiger partial charge on any atom is -0.392 e. The standard InChI is InChI=1S/C11H23NO/c1-9-4-6-11(7-5-9)12(3)8-10(2)13/h9-11,13H,4-8H2,1-3H3/t9?,10-,11?/m1/s1. The normalized spacial score (nSPS) is 32.1. The van der Waals surface area contributed by atoms with Gasteiger partial charge in [0.2, 0.25) is 0 Å². The van der Waals surface area contributed by atoms with Gasteiger partial charge in [-0.3, -0.25) is 0 Å². The first kappa shape index (κ1) is 11.0. The number of aliphatic hydroxyl groups excluding tert-OH is 1. The highest BCUT2D eigenvalue weighted by atomic mass is 16.3. The Bertz CT molecular complexity index is 139. The molecule has 0 aromatic carbocycles. The van der Waals surface area contributed by atoms with Crippen molar-refractivity contribution in [3.63, 3.8) is 0 Å². The molecule has 78 valence electrons. The maximum Gasteiger partial charge on any atom is 0.0639 e. The first-order valence-corrected chi connectivity index (χ1v) is 5.48. The topological polar surface area (TPSA) is 23.5 Å². The second kappa shape index (κ2) is 4.97. The third kappa shape index (κ3) is 3.65. The van der Waals surface area contributed by atoms with Crippen molar-refractivity contribution in [1.29, 1.82) is 0 Å². The second-order valence-corrected chi connectivity index (χ2v) is 4.70. The van der Waals surface area contributed by atoms with Crippen LogP contribution in [0.5, 0.6) is 0 Å². The van der Waals surface area contributed by atoms with Crippen molar-refractivity contribution in [3.05, 3.63) is 0 Å². The van der Waals surface area contributed by atoms with Crippen molar-refractivity contribution < 1.29 is 5.11 Å². The molecule has 1 atom stereocenters. The third-order valence-corrected chi connectivity index (χ3v) is 3.16. The van der Waals surface area contributed by atoms with E-state index < -0.39 is 0 Å². The highest BCUT2D eigenvalue weighted by Gasteiger charge is 2.21. The summed E-state index contributed by atoms with van der Waals surface area (Å²) in [6.07, 6.45) is 5.14. The molecule has 0 unspecified atom stereocenters. The lowest BCUT2D eigenvalue weighted by Gasteiger charge is -2.34. The predicted octanol–water partition coefficient (Wildman–Crippen LogP) is 1.88. The van der Waals surface area contributed by atoms with Crippen LogP contribution in [0.3, 0.4) is 0 Å². The van der Waals surface area contributed by atoms with E-state index in [2.05, 4.69) is 18.9 Å². The number of hydrogen-bond donors (Lipinski definition) is 1. The van der Waals surface area contributed by atoms with Gasteiger partial charge < -0.3 is 10.0 Å². The molecule has 13 heavy (non-hydrogen) atoms. The van der Waals surface area contributed by atoms with Crippen molar-refractivity contribution in [1.82, 2.24) is 4.90 Å². The van der Waals surface area contributed by atoms with Gasteiger partial charge in [0.1, 0.15) is 0 Å². The molecular formula is C11H23NO. The molecule has 0 bridgehead atoms. The molecule has 0 spiro atoms. The number of likely N-dealkylation sites (N-methyl/N-ethyl adjacent to an activating group) is 1. The lowest BCUT2D eigenvalue weighted by molar-refractivity contribution is 0.0959. The summed E-state index contributed by atoms with van der Waals surface area (Å²) in [5.74, 6) is 0.913. The molecule has 1 saturated carbocycles. The van der Waals surface area contributed by atoms with Crippen LogP contribution < -0.4 is 0 Å². The lowest BCUT2D eigenvalue weighted by atomic mass is 9.87. The van der Waals surface area contributed by atoms with E-state index in [1.54, 1.807) is 0 Å². The maximum absolute atomic E-state index is 9.26. The number of rotatable bonds is 3. The summed E-state index contributed by atoms with van der Waals surface area (Å²) in [7, 11) is 2.13. The van der Waals surface area contributed by atoms with Crippen LogP contribution >= 0.6 is 0 Å². The predicted molar refractivity (Wildman–Crippen MR) is 55.7 cm³/mol. The molecule has 1 aliphatic rings. The molecule has 1 rings (SSSR count). The van der Waals surface area contributed by atoms with Gasteiger partial charge in [0.05, 0.1) is 6.10 Å². The van der Waals surface area contributed by atoms with Gasteiger partial charge in [-0.25, -0.2) is 0 Å². The van der Waals surface area contributed by atoms with Crippen LogP contribution in [0.25, 0.3) is 0 Å². The Kier molecular flexibility index (Phi) is 4.20. The largest absolute Gasteiger partial charge is 0.392 e. The van der Waals surface area contributed by atoms with E-state index in [1.165, 1.54) is 25.7 Å². The van der Waals surface area contributed by atoms with Crippen LogP contribution in [0.1, 0.15) is 39.5 Å². The first-order chi connectivity index (χ1) is 6.09. The smallest absolute Gasteiger partial charge is 0.0639 e. The van der Waals surface area contributed by atoms with E-state index in [1.807, 2.05) is 6.92 Å². The Hall–Kier alpha value is -0.0800. The molecule has 0 amide bonds. The van der Waals surface area contributed by atoms with Gasteiger partial charge >= 0.3 is 0 Å². The van der Waals surface area contributed by atoms with E-state index in [9.17, 15) is 5.11 Å². The van der Waals surface area contributed by atoms with E-state index in [0.29, 0.717) is 6.04 Å². The molecule has 1 N–H and O–H groups in total. The number of aliphatic hydroxyl groups is 1. The minimum atomic E-state index is -0.190. The summed E-state index contributed by atoms with van der Waals surface area (Å²) < 4.78 is 0. The zero-order valence-electron chi connectivity index (χ0n) is 9.16. The summed E-state index contributed by atoms with van der Waals surface area (Å²) in [5, 5.41) is 9.26. The monoisotopic (exact) mass is 185 g/mol. The maximum atomic E-state index is 9.26. The molecule has 0 heterocycles. The van der Waals surface area contributed by atoms with Crippen LogP contribution in [-0.2, 0) is 0 Å². The highest BCUT2D eigenvalue weighted by molar-refractivity contribution is 4.77.